The minimum atomic E-state index is 0.841. The second kappa shape index (κ2) is 4.94. The van der Waals surface area contributed by atoms with Crippen molar-refractivity contribution in [3.8, 4) is 0 Å². The molecule has 0 aromatic carbocycles. The predicted molar refractivity (Wildman–Crippen MR) is 71.2 cm³/mol. The van der Waals surface area contributed by atoms with E-state index in [0.717, 1.165) is 24.5 Å². The van der Waals surface area contributed by atoms with Crippen LogP contribution in [-0.4, -0.2) is 19.6 Å². The Labute approximate surface area is 108 Å². The molecule has 0 radical (unpaired) electrons. The van der Waals surface area contributed by atoms with Crippen molar-refractivity contribution in [2.24, 2.45) is 14.1 Å². The van der Waals surface area contributed by atoms with E-state index in [9.17, 15) is 0 Å². The van der Waals surface area contributed by atoms with Crippen molar-refractivity contribution in [1.82, 2.24) is 24.9 Å². The van der Waals surface area contributed by atoms with Gasteiger partial charge in [-0.15, -0.1) is 0 Å². The van der Waals surface area contributed by atoms with Crippen molar-refractivity contribution < 1.29 is 0 Å². The highest BCUT2D eigenvalue weighted by molar-refractivity contribution is 5.24. The second-order valence-electron chi connectivity index (χ2n) is 4.79. The molecule has 0 aliphatic rings. The van der Waals surface area contributed by atoms with Gasteiger partial charge in [0, 0.05) is 50.2 Å². The number of aromatic nitrogens is 4. The van der Waals surface area contributed by atoms with Crippen LogP contribution in [0.4, 0.5) is 0 Å². The summed E-state index contributed by atoms with van der Waals surface area (Å²) in [5.74, 6) is 0. The van der Waals surface area contributed by atoms with E-state index in [1.165, 1.54) is 16.8 Å². The van der Waals surface area contributed by atoms with Gasteiger partial charge in [0.05, 0.1) is 11.4 Å². The number of nitrogens with one attached hydrogen (secondary N) is 1. The summed E-state index contributed by atoms with van der Waals surface area (Å²) in [6, 6.07) is 0. The standard InChI is InChI=1S/C13H21N5/c1-9-12(8-17(4)15-9)6-14-7-13-10(2)16-18(5)11(13)3/h8,14H,6-7H2,1-5H3. The Balaban J connectivity index is 1.98. The molecule has 5 nitrogen and oxygen atoms in total. The molecule has 0 atom stereocenters. The van der Waals surface area contributed by atoms with Crippen LogP contribution in [0.3, 0.4) is 0 Å². The molecule has 18 heavy (non-hydrogen) atoms. The highest BCUT2D eigenvalue weighted by Crippen LogP contribution is 2.12. The molecule has 0 aliphatic heterocycles. The number of hydrogen-bond acceptors (Lipinski definition) is 3. The second-order valence-corrected chi connectivity index (χ2v) is 4.79. The molecule has 0 unspecified atom stereocenters. The van der Waals surface area contributed by atoms with Gasteiger partial charge in [-0.3, -0.25) is 9.36 Å². The highest BCUT2D eigenvalue weighted by Gasteiger charge is 2.09. The van der Waals surface area contributed by atoms with Crippen LogP contribution in [0.25, 0.3) is 0 Å². The smallest absolute Gasteiger partial charge is 0.0641 e. The van der Waals surface area contributed by atoms with Crippen molar-refractivity contribution in [2.45, 2.75) is 33.9 Å². The van der Waals surface area contributed by atoms with Crippen LogP contribution in [0.1, 0.15) is 28.2 Å². The fourth-order valence-corrected chi connectivity index (χ4v) is 2.22. The van der Waals surface area contributed by atoms with Gasteiger partial charge in [-0.2, -0.15) is 10.2 Å². The molecule has 1 N–H and O–H groups in total. The first-order chi connectivity index (χ1) is 8.49. The molecule has 2 rings (SSSR count). The van der Waals surface area contributed by atoms with E-state index in [4.69, 9.17) is 0 Å². The van der Waals surface area contributed by atoms with Crippen LogP contribution in [-0.2, 0) is 27.2 Å². The maximum absolute atomic E-state index is 4.42. The van der Waals surface area contributed by atoms with Gasteiger partial charge in [0.25, 0.3) is 0 Å². The SMILES string of the molecule is Cc1nn(C)cc1CNCc1c(C)nn(C)c1C. The lowest BCUT2D eigenvalue weighted by molar-refractivity contribution is 0.681. The quantitative estimate of drug-likeness (QED) is 0.887. The lowest BCUT2D eigenvalue weighted by atomic mass is 10.2. The molecular weight excluding hydrogens is 226 g/mol. The third-order valence-corrected chi connectivity index (χ3v) is 3.39. The number of rotatable bonds is 4. The zero-order valence-electron chi connectivity index (χ0n) is 11.8. The summed E-state index contributed by atoms with van der Waals surface area (Å²) >= 11 is 0. The Bertz CT molecular complexity index is 550. The Hall–Kier alpha value is -1.62. The molecule has 0 fully saturated rings. The summed E-state index contributed by atoms with van der Waals surface area (Å²) in [6.45, 7) is 7.89. The van der Waals surface area contributed by atoms with Gasteiger partial charge in [0.2, 0.25) is 0 Å². The molecule has 0 bridgehead atoms. The first-order valence-electron chi connectivity index (χ1n) is 6.18. The van der Waals surface area contributed by atoms with Crippen molar-refractivity contribution >= 4 is 0 Å². The average Bonchev–Trinajstić information content (AvgIpc) is 2.73. The summed E-state index contributed by atoms with van der Waals surface area (Å²) in [7, 11) is 3.93. The lowest BCUT2D eigenvalue weighted by Crippen LogP contribution is -2.14. The van der Waals surface area contributed by atoms with Crippen LogP contribution in [0, 0.1) is 20.8 Å². The minimum absolute atomic E-state index is 0.841. The lowest BCUT2D eigenvalue weighted by Gasteiger charge is -2.04. The predicted octanol–water partition coefficient (Wildman–Crippen LogP) is 1.37. The summed E-state index contributed by atoms with van der Waals surface area (Å²) in [6.07, 6.45) is 2.06. The van der Waals surface area contributed by atoms with E-state index in [2.05, 4.69) is 35.6 Å². The van der Waals surface area contributed by atoms with Gasteiger partial charge in [0.1, 0.15) is 0 Å². The zero-order valence-corrected chi connectivity index (χ0v) is 11.8. The van der Waals surface area contributed by atoms with E-state index >= 15 is 0 Å². The van der Waals surface area contributed by atoms with Crippen molar-refractivity contribution in [3.05, 3.63) is 34.4 Å². The van der Waals surface area contributed by atoms with Crippen molar-refractivity contribution in [2.75, 3.05) is 0 Å². The van der Waals surface area contributed by atoms with Gasteiger partial charge in [-0.25, -0.2) is 0 Å². The molecular formula is C13H21N5. The van der Waals surface area contributed by atoms with Gasteiger partial charge >= 0.3 is 0 Å². The van der Waals surface area contributed by atoms with Gasteiger partial charge in [-0.05, 0) is 20.8 Å². The molecule has 98 valence electrons. The first-order valence-corrected chi connectivity index (χ1v) is 6.18. The minimum Gasteiger partial charge on any atom is -0.308 e. The first kappa shape index (κ1) is 12.8. The molecule has 2 heterocycles. The Morgan fingerprint density at radius 2 is 1.78 bits per heavy atom. The molecule has 2 aromatic heterocycles. The maximum Gasteiger partial charge on any atom is 0.0641 e. The fraction of sp³-hybridized carbons (Fsp3) is 0.538. The van der Waals surface area contributed by atoms with E-state index in [-0.39, 0.29) is 0 Å². The van der Waals surface area contributed by atoms with Crippen LogP contribution in [0.2, 0.25) is 0 Å². The molecule has 0 amide bonds. The molecule has 0 spiro atoms. The molecule has 0 aliphatic carbocycles. The maximum atomic E-state index is 4.42. The van der Waals surface area contributed by atoms with Crippen molar-refractivity contribution in [1.29, 1.82) is 0 Å². The van der Waals surface area contributed by atoms with Gasteiger partial charge in [-0.1, -0.05) is 0 Å². The summed E-state index contributed by atoms with van der Waals surface area (Å²) in [4.78, 5) is 0. The van der Waals surface area contributed by atoms with Gasteiger partial charge in [0.15, 0.2) is 0 Å². The van der Waals surface area contributed by atoms with E-state index in [1.807, 2.05) is 30.4 Å². The average molecular weight is 247 g/mol. The zero-order chi connectivity index (χ0) is 13.3. The van der Waals surface area contributed by atoms with E-state index < -0.39 is 0 Å². The highest BCUT2D eigenvalue weighted by atomic mass is 15.3. The topological polar surface area (TPSA) is 47.7 Å². The van der Waals surface area contributed by atoms with Crippen LogP contribution in [0.15, 0.2) is 6.20 Å². The third-order valence-electron chi connectivity index (χ3n) is 3.39. The monoisotopic (exact) mass is 247 g/mol. The van der Waals surface area contributed by atoms with E-state index in [1.54, 1.807) is 0 Å². The Morgan fingerprint density at radius 1 is 1.06 bits per heavy atom. The molecule has 0 saturated carbocycles. The Morgan fingerprint density at radius 3 is 2.28 bits per heavy atom. The van der Waals surface area contributed by atoms with Crippen molar-refractivity contribution in [3.63, 3.8) is 0 Å². The number of hydrogen-bond donors (Lipinski definition) is 1. The van der Waals surface area contributed by atoms with Gasteiger partial charge < -0.3 is 5.32 Å². The van der Waals surface area contributed by atoms with Crippen LogP contribution >= 0.6 is 0 Å². The third kappa shape index (κ3) is 2.46. The molecule has 0 saturated heterocycles. The largest absolute Gasteiger partial charge is 0.308 e. The van der Waals surface area contributed by atoms with Crippen LogP contribution < -0.4 is 5.32 Å². The van der Waals surface area contributed by atoms with E-state index in [0.29, 0.717) is 0 Å². The fourth-order valence-electron chi connectivity index (χ4n) is 2.22. The molecule has 5 heteroatoms. The normalized spacial score (nSPS) is 11.2. The summed E-state index contributed by atoms with van der Waals surface area (Å²) in [5, 5.41) is 12.2. The molecule has 2 aromatic rings. The summed E-state index contributed by atoms with van der Waals surface area (Å²) in [5.41, 5.74) is 5.95. The Kier molecular flexibility index (Phi) is 3.52. The summed E-state index contributed by atoms with van der Waals surface area (Å²) < 4.78 is 3.79. The number of nitrogens with zero attached hydrogens (tertiary/aromatic N) is 4. The number of aryl methyl sites for hydroxylation is 4. The van der Waals surface area contributed by atoms with Crippen LogP contribution in [0.5, 0.6) is 0 Å².